The monoisotopic (exact) mass is 415 g/mol. The number of carbonyl (C=O) groups excluding carboxylic acids is 2. The highest BCUT2D eigenvalue weighted by Gasteiger charge is 2.26. The molecular weight excluding hydrogens is 386 g/mol. The number of benzene rings is 2. The van der Waals surface area contributed by atoms with Gasteiger partial charge in [-0.3, -0.25) is 9.59 Å². The van der Waals surface area contributed by atoms with Crippen molar-refractivity contribution in [3.8, 4) is 0 Å². The van der Waals surface area contributed by atoms with Crippen molar-refractivity contribution in [3.63, 3.8) is 0 Å². The molecule has 6 heteroatoms. The number of halogens is 1. The van der Waals surface area contributed by atoms with Gasteiger partial charge in [0.15, 0.2) is 0 Å². The first-order chi connectivity index (χ1) is 13.6. The number of piperidine rings is 1. The largest absolute Gasteiger partial charge is 0.336 e. The summed E-state index contributed by atoms with van der Waals surface area (Å²) >= 11 is 0. The molecule has 1 heterocycles. The number of para-hydroxylation sites is 1. The van der Waals surface area contributed by atoms with Gasteiger partial charge in [0.05, 0.1) is 0 Å². The minimum Gasteiger partial charge on any atom is -0.336 e. The zero-order chi connectivity index (χ0) is 19.9. The van der Waals surface area contributed by atoms with E-state index in [1.807, 2.05) is 41.3 Å². The number of nitrogens with one attached hydrogen (secondary N) is 1. The van der Waals surface area contributed by atoms with Crippen LogP contribution in [0.15, 0.2) is 54.6 Å². The zero-order valence-electron chi connectivity index (χ0n) is 17.1. The van der Waals surface area contributed by atoms with Gasteiger partial charge in [0.25, 0.3) is 11.8 Å². The summed E-state index contributed by atoms with van der Waals surface area (Å²) in [5.41, 5.74) is 1.94. The van der Waals surface area contributed by atoms with E-state index in [1.54, 1.807) is 30.1 Å². The van der Waals surface area contributed by atoms with Crippen LogP contribution < -0.4 is 10.2 Å². The molecule has 0 bridgehead atoms. The quantitative estimate of drug-likeness (QED) is 0.776. The Kier molecular flexibility index (Phi) is 8.68. The smallest absolute Gasteiger partial charge is 0.258 e. The number of rotatable bonds is 6. The van der Waals surface area contributed by atoms with E-state index in [0.717, 1.165) is 44.6 Å². The number of carbonyl (C=O) groups is 2. The fraction of sp³-hybridized carbons (Fsp3) is 0.391. The van der Waals surface area contributed by atoms with E-state index in [2.05, 4.69) is 12.2 Å². The van der Waals surface area contributed by atoms with Gasteiger partial charge in [-0.1, -0.05) is 31.2 Å². The lowest BCUT2D eigenvalue weighted by molar-refractivity contribution is 0.0642. The van der Waals surface area contributed by atoms with Crippen LogP contribution in [0.3, 0.4) is 0 Å². The Morgan fingerprint density at radius 2 is 1.59 bits per heavy atom. The predicted octanol–water partition coefficient (Wildman–Crippen LogP) is 3.99. The molecule has 0 saturated carbocycles. The second-order valence-corrected chi connectivity index (χ2v) is 7.26. The Bertz CT molecular complexity index is 807. The van der Waals surface area contributed by atoms with Crippen LogP contribution in [0, 0.1) is 0 Å². The third-order valence-electron chi connectivity index (χ3n) is 5.28. The van der Waals surface area contributed by atoms with Crippen LogP contribution in [-0.2, 0) is 0 Å². The third kappa shape index (κ3) is 5.58. The number of anilines is 1. The van der Waals surface area contributed by atoms with Gasteiger partial charge in [0.1, 0.15) is 0 Å². The number of nitrogens with zero attached hydrogens (tertiary/aromatic N) is 2. The van der Waals surface area contributed by atoms with Gasteiger partial charge in [-0.15, -0.1) is 12.4 Å². The minimum absolute atomic E-state index is 0. The van der Waals surface area contributed by atoms with Gasteiger partial charge < -0.3 is 15.1 Å². The van der Waals surface area contributed by atoms with Crippen molar-refractivity contribution < 1.29 is 9.59 Å². The molecule has 156 valence electrons. The molecule has 0 unspecified atom stereocenters. The second kappa shape index (κ2) is 11.0. The van der Waals surface area contributed by atoms with Crippen LogP contribution in [0.2, 0.25) is 0 Å². The van der Waals surface area contributed by atoms with Crippen LogP contribution >= 0.6 is 12.4 Å². The molecule has 1 saturated heterocycles. The highest BCUT2D eigenvalue weighted by atomic mass is 35.5. The molecule has 2 aromatic rings. The van der Waals surface area contributed by atoms with Gasteiger partial charge in [0.2, 0.25) is 0 Å². The third-order valence-corrected chi connectivity index (χ3v) is 5.28. The molecule has 0 aromatic heterocycles. The van der Waals surface area contributed by atoms with Crippen LogP contribution in [0.5, 0.6) is 0 Å². The normalized spacial score (nSPS) is 14.0. The van der Waals surface area contributed by atoms with Crippen LogP contribution in [0.4, 0.5) is 5.69 Å². The SMILES string of the molecule is CCCN(C(=O)c1cccc(C(=O)N(C)c2ccccc2)c1)C1CCNCC1.Cl. The Hall–Kier alpha value is -2.37. The maximum Gasteiger partial charge on any atom is 0.258 e. The summed E-state index contributed by atoms with van der Waals surface area (Å²) < 4.78 is 0. The molecule has 0 aliphatic carbocycles. The topological polar surface area (TPSA) is 52.7 Å². The standard InChI is InChI=1S/C23H29N3O2.ClH/c1-3-16-26(21-12-14-24-15-13-21)23(28)19-9-7-8-18(17-19)22(27)25(2)20-10-5-4-6-11-20;/h4-11,17,21,24H,3,12-16H2,1-2H3;1H. The maximum atomic E-state index is 13.2. The van der Waals surface area contributed by atoms with Crippen LogP contribution in [-0.4, -0.2) is 49.4 Å². The van der Waals surface area contributed by atoms with Gasteiger partial charge >= 0.3 is 0 Å². The Labute approximate surface area is 179 Å². The summed E-state index contributed by atoms with van der Waals surface area (Å²) in [5.74, 6) is -0.101. The Morgan fingerprint density at radius 3 is 2.21 bits per heavy atom. The lowest BCUT2D eigenvalue weighted by Crippen LogP contribution is -2.46. The van der Waals surface area contributed by atoms with E-state index >= 15 is 0 Å². The van der Waals surface area contributed by atoms with Crippen molar-refractivity contribution in [1.29, 1.82) is 0 Å². The number of amides is 2. The molecular formula is C23H30ClN3O2. The molecule has 0 spiro atoms. The Morgan fingerprint density at radius 1 is 0.966 bits per heavy atom. The summed E-state index contributed by atoms with van der Waals surface area (Å²) in [7, 11) is 1.75. The molecule has 29 heavy (non-hydrogen) atoms. The van der Waals surface area contributed by atoms with Crippen LogP contribution in [0.1, 0.15) is 46.9 Å². The van der Waals surface area contributed by atoms with Gasteiger partial charge in [-0.25, -0.2) is 0 Å². The van der Waals surface area contributed by atoms with Crippen molar-refractivity contribution in [2.24, 2.45) is 0 Å². The van der Waals surface area contributed by atoms with E-state index in [-0.39, 0.29) is 30.3 Å². The summed E-state index contributed by atoms with van der Waals surface area (Å²) in [6, 6.07) is 16.9. The summed E-state index contributed by atoms with van der Waals surface area (Å²) in [6.07, 6.45) is 2.87. The highest BCUT2D eigenvalue weighted by molar-refractivity contribution is 6.07. The van der Waals surface area contributed by atoms with E-state index in [9.17, 15) is 9.59 Å². The van der Waals surface area contributed by atoms with Crippen molar-refractivity contribution in [1.82, 2.24) is 10.2 Å². The first-order valence-electron chi connectivity index (χ1n) is 10.1. The fourth-order valence-electron chi connectivity index (χ4n) is 3.72. The van der Waals surface area contributed by atoms with Crippen molar-refractivity contribution >= 4 is 29.9 Å². The lowest BCUT2D eigenvalue weighted by Gasteiger charge is -2.34. The molecule has 0 atom stereocenters. The van der Waals surface area contributed by atoms with Gasteiger partial charge in [-0.2, -0.15) is 0 Å². The molecule has 3 rings (SSSR count). The zero-order valence-corrected chi connectivity index (χ0v) is 18.0. The van der Waals surface area contributed by atoms with Crippen molar-refractivity contribution in [2.75, 3.05) is 31.6 Å². The molecule has 2 aromatic carbocycles. The first-order valence-corrected chi connectivity index (χ1v) is 10.1. The molecule has 1 aliphatic rings. The maximum absolute atomic E-state index is 13.2. The van der Waals surface area contributed by atoms with Crippen LogP contribution in [0.25, 0.3) is 0 Å². The molecule has 0 radical (unpaired) electrons. The van der Waals surface area contributed by atoms with E-state index in [0.29, 0.717) is 11.1 Å². The molecule has 1 aliphatic heterocycles. The van der Waals surface area contributed by atoms with E-state index in [1.165, 1.54) is 0 Å². The average molecular weight is 416 g/mol. The predicted molar refractivity (Wildman–Crippen MR) is 120 cm³/mol. The summed E-state index contributed by atoms with van der Waals surface area (Å²) in [6.45, 7) is 4.72. The van der Waals surface area contributed by atoms with Gasteiger partial charge in [0, 0.05) is 36.4 Å². The lowest BCUT2D eigenvalue weighted by atomic mass is 10.0. The van der Waals surface area contributed by atoms with Gasteiger partial charge in [-0.05, 0) is 62.7 Å². The number of hydrogen-bond acceptors (Lipinski definition) is 3. The second-order valence-electron chi connectivity index (χ2n) is 7.26. The minimum atomic E-state index is -0.121. The average Bonchev–Trinajstić information content (AvgIpc) is 2.77. The van der Waals surface area contributed by atoms with Crippen molar-refractivity contribution in [3.05, 3.63) is 65.7 Å². The molecule has 2 amide bonds. The van der Waals surface area contributed by atoms with E-state index in [4.69, 9.17) is 0 Å². The molecule has 1 fully saturated rings. The fourth-order valence-corrected chi connectivity index (χ4v) is 3.72. The van der Waals surface area contributed by atoms with E-state index < -0.39 is 0 Å². The summed E-state index contributed by atoms with van der Waals surface area (Å²) in [5, 5.41) is 3.35. The molecule has 1 N–H and O–H groups in total. The summed E-state index contributed by atoms with van der Waals surface area (Å²) in [4.78, 5) is 29.7. The number of hydrogen-bond donors (Lipinski definition) is 1. The molecule has 5 nitrogen and oxygen atoms in total. The first kappa shape index (κ1) is 22.9. The highest BCUT2D eigenvalue weighted by Crippen LogP contribution is 2.19. The Balaban J connectivity index is 0.00000300. The van der Waals surface area contributed by atoms with Crippen molar-refractivity contribution in [2.45, 2.75) is 32.2 Å².